The molecule has 0 radical (unpaired) electrons. The average molecular weight is 269 g/mol. The minimum atomic E-state index is -3.85. The van der Waals surface area contributed by atoms with Crippen LogP contribution in [0.3, 0.4) is 0 Å². The van der Waals surface area contributed by atoms with Crippen LogP contribution >= 0.6 is 0 Å². The van der Waals surface area contributed by atoms with Crippen molar-refractivity contribution in [2.24, 2.45) is 0 Å². The highest BCUT2D eigenvalue weighted by molar-refractivity contribution is 7.85. The van der Waals surface area contributed by atoms with Gasteiger partial charge in [-0.3, -0.25) is 4.55 Å². The van der Waals surface area contributed by atoms with Gasteiger partial charge in [-0.05, 0) is 31.1 Å². The molecule has 4 nitrogen and oxygen atoms in total. The molecular weight excluding hydrogens is 250 g/mol. The van der Waals surface area contributed by atoms with Gasteiger partial charge in [0.2, 0.25) is 0 Å². The summed E-state index contributed by atoms with van der Waals surface area (Å²) in [6, 6.07) is 7.94. The molecule has 1 N–H and O–H groups in total. The third kappa shape index (κ3) is 5.44. The second-order valence-corrected chi connectivity index (χ2v) is 5.85. The van der Waals surface area contributed by atoms with Crippen LogP contribution in [0.2, 0.25) is 0 Å². The van der Waals surface area contributed by atoms with E-state index in [-0.39, 0.29) is 5.75 Å². The Bertz CT molecular complexity index is 497. The normalized spacial score (nSPS) is 11.7. The fourth-order valence-electron chi connectivity index (χ4n) is 1.76. The van der Waals surface area contributed by atoms with Crippen molar-refractivity contribution in [3.05, 3.63) is 42.0 Å². The topological polar surface area (TPSA) is 57.6 Å². The average Bonchev–Trinajstić information content (AvgIpc) is 2.28. The second kappa shape index (κ2) is 6.68. The first-order valence-corrected chi connectivity index (χ1v) is 7.37. The van der Waals surface area contributed by atoms with Gasteiger partial charge < -0.3 is 4.90 Å². The molecule has 100 valence electrons. The quantitative estimate of drug-likeness (QED) is 0.770. The molecule has 0 fully saturated rings. The molecule has 0 bridgehead atoms. The standard InChI is InChI=1S/C13H19NO3S/c1-3-12-7-4-5-8-13(12)11-14(2)9-6-10-18(15,16)17/h3-5,7-8H,1,6,9-11H2,2H3,(H,15,16,17). The Balaban J connectivity index is 2.49. The van der Waals surface area contributed by atoms with Gasteiger partial charge in [0, 0.05) is 6.54 Å². The Morgan fingerprint density at radius 1 is 1.39 bits per heavy atom. The maximum atomic E-state index is 10.6. The van der Waals surface area contributed by atoms with E-state index in [4.69, 9.17) is 4.55 Å². The molecule has 18 heavy (non-hydrogen) atoms. The molecule has 0 spiro atoms. The second-order valence-electron chi connectivity index (χ2n) is 4.28. The van der Waals surface area contributed by atoms with E-state index < -0.39 is 10.1 Å². The minimum absolute atomic E-state index is 0.194. The Morgan fingerprint density at radius 2 is 2.06 bits per heavy atom. The highest BCUT2D eigenvalue weighted by Crippen LogP contribution is 2.12. The van der Waals surface area contributed by atoms with Crippen molar-refractivity contribution in [1.29, 1.82) is 0 Å². The molecule has 1 rings (SSSR count). The van der Waals surface area contributed by atoms with Crippen LogP contribution in [0.25, 0.3) is 6.08 Å². The third-order valence-electron chi connectivity index (χ3n) is 2.66. The Labute approximate surface area is 109 Å². The Kier molecular flexibility index (Phi) is 5.53. The van der Waals surface area contributed by atoms with E-state index in [9.17, 15) is 8.42 Å². The summed E-state index contributed by atoms with van der Waals surface area (Å²) >= 11 is 0. The summed E-state index contributed by atoms with van der Waals surface area (Å²) in [6.07, 6.45) is 2.23. The van der Waals surface area contributed by atoms with Gasteiger partial charge >= 0.3 is 0 Å². The summed E-state index contributed by atoms with van der Waals surface area (Å²) in [5.74, 6) is -0.194. The van der Waals surface area contributed by atoms with Gasteiger partial charge in [-0.2, -0.15) is 8.42 Å². The largest absolute Gasteiger partial charge is 0.302 e. The summed E-state index contributed by atoms with van der Waals surface area (Å²) < 4.78 is 29.8. The van der Waals surface area contributed by atoms with Crippen LogP contribution < -0.4 is 0 Å². The van der Waals surface area contributed by atoms with E-state index in [1.165, 1.54) is 0 Å². The molecule has 0 amide bonds. The molecule has 0 heterocycles. The molecule has 1 aromatic rings. The molecule has 0 saturated heterocycles. The zero-order chi connectivity index (χ0) is 13.6. The van der Waals surface area contributed by atoms with Crippen molar-refractivity contribution in [2.75, 3.05) is 19.3 Å². The molecule has 1 aromatic carbocycles. The smallest absolute Gasteiger partial charge is 0.264 e. The minimum Gasteiger partial charge on any atom is -0.302 e. The van der Waals surface area contributed by atoms with E-state index in [1.54, 1.807) is 6.08 Å². The summed E-state index contributed by atoms with van der Waals surface area (Å²) in [5.41, 5.74) is 2.24. The van der Waals surface area contributed by atoms with Gasteiger partial charge in [-0.1, -0.05) is 36.9 Å². The number of nitrogens with zero attached hydrogens (tertiary/aromatic N) is 1. The van der Waals surface area contributed by atoms with Gasteiger partial charge in [0.05, 0.1) is 5.75 Å². The lowest BCUT2D eigenvalue weighted by molar-refractivity contribution is 0.326. The number of hydrogen-bond acceptors (Lipinski definition) is 3. The molecule has 0 atom stereocenters. The molecular formula is C13H19NO3S. The molecule has 0 unspecified atom stereocenters. The van der Waals surface area contributed by atoms with Crippen molar-refractivity contribution in [3.63, 3.8) is 0 Å². The molecule has 0 aliphatic rings. The Morgan fingerprint density at radius 3 is 2.67 bits per heavy atom. The SMILES string of the molecule is C=Cc1ccccc1CN(C)CCCS(=O)(=O)O. The van der Waals surface area contributed by atoms with Crippen LogP contribution in [0.4, 0.5) is 0 Å². The number of benzene rings is 1. The summed E-state index contributed by atoms with van der Waals surface area (Å²) in [5, 5.41) is 0. The van der Waals surface area contributed by atoms with Gasteiger partial charge in [-0.15, -0.1) is 0 Å². The lowest BCUT2D eigenvalue weighted by Gasteiger charge is -2.17. The number of hydrogen-bond donors (Lipinski definition) is 1. The van der Waals surface area contributed by atoms with Crippen LogP contribution in [-0.2, 0) is 16.7 Å². The van der Waals surface area contributed by atoms with Gasteiger partial charge in [0.15, 0.2) is 0 Å². The third-order valence-corrected chi connectivity index (χ3v) is 3.46. The lowest BCUT2D eigenvalue weighted by Crippen LogP contribution is -2.21. The van der Waals surface area contributed by atoms with E-state index in [2.05, 4.69) is 6.58 Å². The summed E-state index contributed by atoms with van der Waals surface area (Å²) in [4.78, 5) is 2.02. The zero-order valence-corrected chi connectivity index (χ0v) is 11.4. The van der Waals surface area contributed by atoms with Crippen LogP contribution in [0.1, 0.15) is 17.5 Å². The monoisotopic (exact) mass is 269 g/mol. The van der Waals surface area contributed by atoms with Gasteiger partial charge in [-0.25, -0.2) is 0 Å². The van der Waals surface area contributed by atoms with Crippen molar-refractivity contribution in [2.45, 2.75) is 13.0 Å². The first-order valence-electron chi connectivity index (χ1n) is 5.76. The molecule has 0 aliphatic heterocycles. The van der Waals surface area contributed by atoms with E-state index in [1.807, 2.05) is 36.2 Å². The van der Waals surface area contributed by atoms with Crippen molar-refractivity contribution in [3.8, 4) is 0 Å². The lowest BCUT2D eigenvalue weighted by atomic mass is 10.1. The van der Waals surface area contributed by atoms with Crippen LogP contribution in [-0.4, -0.2) is 37.2 Å². The van der Waals surface area contributed by atoms with Crippen molar-refractivity contribution in [1.82, 2.24) is 4.90 Å². The first-order chi connectivity index (χ1) is 8.42. The maximum Gasteiger partial charge on any atom is 0.264 e. The van der Waals surface area contributed by atoms with Gasteiger partial charge in [0.25, 0.3) is 10.1 Å². The zero-order valence-electron chi connectivity index (χ0n) is 10.5. The van der Waals surface area contributed by atoms with Crippen LogP contribution in [0.15, 0.2) is 30.8 Å². The van der Waals surface area contributed by atoms with E-state index in [0.29, 0.717) is 13.0 Å². The van der Waals surface area contributed by atoms with Crippen LogP contribution in [0.5, 0.6) is 0 Å². The first kappa shape index (κ1) is 14.9. The highest BCUT2D eigenvalue weighted by Gasteiger charge is 2.07. The summed E-state index contributed by atoms with van der Waals surface area (Å²) in [6.45, 7) is 5.11. The maximum absolute atomic E-state index is 10.6. The molecule has 5 heteroatoms. The van der Waals surface area contributed by atoms with Crippen LogP contribution in [0, 0.1) is 0 Å². The van der Waals surface area contributed by atoms with E-state index in [0.717, 1.165) is 17.7 Å². The molecule has 0 aliphatic carbocycles. The fourth-order valence-corrected chi connectivity index (χ4v) is 2.26. The van der Waals surface area contributed by atoms with Gasteiger partial charge in [0.1, 0.15) is 0 Å². The predicted molar refractivity (Wildman–Crippen MR) is 73.9 cm³/mol. The van der Waals surface area contributed by atoms with Crippen molar-refractivity contribution >= 4 is 16.2 Å². The molecule has 0 saturated carbocycles. The number of rotatable bonds is 7. The van der Waals surface area contributed by atoms with Crippen molar-refractivity contribution < 1.29 is 13.0 Å². The fraction of sp³-hybridized carbons (Fsp3) is 0.385. The Hall–Kier alpha value is -1.17. The summed E-state index contributed by atoms with van der Waals surface area (Å²) in [7, 11) is -1.93. The van der Waals surface area contributed by atoms with E-state index >= 15 is 0 Å². The predicted octanol–water partition coefficient (Wildman–Crippen LogP) is 2.04. The highest BCUT2D eigenvalue weighted by atomic mass is 32.2. The molecule has 0 aromatic heterocycles.